The number of aryl methyl sites for hydroxylation is 2. The normalized spacial score (nSPS) is 13.4. The number of thiophene rings is 1. The van der Waals surface area contributed by atoms with Gasteiger partial charge in [0.25, 0.3) is 5.56 Å². The SMILES string of the molecule is O=C(O)Cn1c(-c2ccc(Cl)cc2)nc2sc3c(c2c1=O)CCC3. The van der Waals surface area contributed by atoms with Crippen molar-refractivity contribution in [2.24, 2.45) is 0 Å². The molecule has 2 heterocycles. The molecule has 0 bridgehead atoms. The standard InChI is InChI=1S/C17H13ClN2O3S/c18-10-6-4-9(5-7-10)15-19-16-14(11-2-1-3-12(11)24-16)17(23)20(15)8-13(21)22/h4-7H,1-3,8H2,(H,21,22). The van der Waals surface area contributed by atoms with E-state index in [9.17, 15) is 14.7 Å². The Labute approximate surface area is 146 Å². The number of nitrogens with zero attached hydrogens (tertiary/aromatic N) is 2. The van der Waals surface area contributed by atoms with Crippen molar-refractivity contribution >= 4 is 39.1 Å². The molecule has 0 radical (unpaired) electrons. The van der Waals surface area contributed by atoms with Gasteiger partial charge in [-0.05, 0) is 49.1 Å². The average Bonchev–Trinajstić information content (AvgIpc) is 3.11. The van der Waals surface area contributed by atoms with Crippen molar-refractivity contribution in [1.29, 1.82) is 0 Å². The van der Waals surface area contributed by atoms with E-state index < -0.39 is 12.5 Å². The minimum atomic E-state index is -1.07. The molecule has 1 aliphatic carbocycles. The average molecular weight is 361 g/mol. The molecular formula is C17H13ClN2O3S. The topological polar surface area (TPSA) is 72.2 Å². The molecule has 1 aliphatic rings. The molecule has 7 heteroatoms. The van der Waals surface area contributed by atoms with Crippen molar-refractivity contribution in [1.82, 2.24) is 9.55 Å². The van der Waals surface area contributed by atoms with E-state index in [0.29, 0.717) is 26.6 Å². The second-order valence-electron chi connectivity index (χ2n) is 5.76. The van der Waals surface area contributed by atoms with Crippen LogP contribution >= 0.6 is 22.9 Å². The maximum absolute atomic E-state index is 13.0. The Balaban J connectivity index is 2.03. The van der Waals surface area contributed by atoms with E-state index in [1.807, 2.05) is 0 Å². The largest absolute Gasteiger partial charge is 0.480 e. The van der Waals surface area contributed by atoms with E-state index in [2.05, 4.69) is 4.98 Å². The third-order valence-corrected chi connectivity index (χ3v) is 5.66. The second-order valence-corrected chi connectivity index (χ2v) is 7.28. The summed E-state index contributed by atoms with van der Waals surface area (Å²) in [6, 6.07) is 6.89. The third-order valence-electron chi connectivity index (χ3n) is 4.22. The molecular weight excluding hydrogens is 348 g/mol. The Morgan fingerprint density at radius 3 is 2.75 bits per heavy atom. The zero-order chi connectivity index (χ0) is 16.8. The predicted octanol–water partition coefficient (Wildman–Crippen LogP) is 3.35. The number of carboxylic acids is 1. The number of aliphatic carboxylic acids is 1. The molecule has 0 atom stereocenters. The zero-order valence-electron chi connectivity index (χ0n) is 12.6. The van der Waals surface area contributed by atoms with Gasteiger partial charge in [-0.3, -0.25) is 14.2 Å². The monoisotopic (exact) mass is 360 g/mol. The summed E-state index contributed by atoms with van der Waals surface area (Å²) in [4.78, 5) is 30.8. The van der Waals surface area contributed by atoms with Gasteiger partial charge in [0, 0.05) is 15.5 Å². The Morgan fingerprint density at radius 1 is 1.29 bits per heavy atom. The quantitative estimate of drug-likeness (QED) is 0.777. The Bertz CT molecular complexity index is 1020. The van der Waals surface area contributed by atoms with Gasteiger partial charge in [-0.25, -0.2) is 4.98 Å². The minimum Gasteiger partial charge on any atom is -0.480 e. The fraction of sp³-hybridized carbons (Fsp3) is 0.235. The number of rotatable bonds is 3. The van der Waals surface area contributed by atoms with Crippen LogP contribution in [0.15, 0.2) is 29.1 Å². The lowest BCUT2D eigenvalue weighted by Gasteiger charge is -2.11. The van der Waals surface area contributed by atoms with Crippen LogP contribution < -0.4 is 5.56 Å². The van der Waals surface area contributed by atoms with Crippen LogP contribution in [0.3, 0.4) is 0 Å². The first kappa shape index (κ1) is 15.4. The van der Waals surface area contributed by atoms with Crippen molar-refractivity contribution in [2.45, 2.75) is 25.8 Å². The molecule has 4 rings (SSSR count). The van der Waals surface area contributed by atoms with Crippen LogP contribution in [0.5, 0.6) is 0 Å². The number of hydrogen-bond donors (Lipinski definition) is 1. The molecule has 0 fully saturated rings. The van der Waals surface area contributed by atoms with Crippen LogP contribution in [0.2, 0.25) is 5.02 Å². The second kappa shape index (κ2) is 5.72. The number of halogens is 1. The summed E-state index contributed by atoms with van der Waals surface area (Å²) in [5, 5.41) is 10.4. The summed E-state index contributed by atoms with van der Waals surface area (Å²) in [6.45, 7) is -0.412. The molecule has 0 saturated heterocycles. The van der Waals surface area contributed by atoms with Gasteiger partial charge in [0.2, 0.25) is 0 Å². The van der Waals surface area contributed by atoms with Gasteiger partial charge in [-0.2, -0.15) is 0 Å². The first-order valence-electron chi connectivity index (χ1n) is 7.57. The van der Waals surface area contributed by atoms with E-state index in [1.165, 1.54) is 9.44 Å². The molecule has 1 aromatic carbocycles. The van der Waals surface area contributed by atoms with Crippen molar-refractivity contribution in [2.75, 3.05) is 0 Å². The smallest absolute Gasteiger partial charge is 0.323 e. The summed E-state index contributed by atoms with van der Waals surface area (Å²) >= 11 is 7.46. The number of benzene rings is 1. The van der Waals surface area contributed by atoms with Gasteiger partial charge < -0.3 is 5.11 Å². The van der Waals surface area contributed by atoms with Gasteiger partial charge in [0.05, 0.1) is 5.39 Å². The van der Waals surface area contributed by atoms with E-state index >= 15 is 0 Å². The zero-order valence-corrected chi connectivity index (χ0v) is 14.2. The molecule has 0 spiro atoms. The van der Waals surface area contributed by atoms with Crippen LogP contribution in [0.25, 0.3) is 21.6 Å². The lowest BCUT2D eigenvalue weighted by atomic mass is 10.1. The summed E-state index contributed by atoms with van der Waals surface area (Å²) in [5.41, 5.74) is 1.45. The number of carbonyl (C=O) groups is 1. The maximum Gasteiger partial charge on any atom is 0.323 e. The Hall–Kier alpha value is -2.18. The minimum absolute atomic E-state index is 0.272. The van der Waals surface area contributed by atoms with Crippen LogP contribution in [0, 0.1) is 0 Å². The van der Waals surface area contributed by atoms with Gasteiger partial charge in [0.15, 0.2) is 0 Å². The first-order valence-corrected chi connectivity index (χ1v) is 8.77. The Kier molecular flexibility index (Phi) is 3.66. The number of carboxylic acid groups (broad SMARTS) is 1. The van der Waals surface area contributed by atoms with Crippen molar-refractivity contribution in [3.63, 3.8) is 0 Å². The molecule has 0 aliphatic heterocycles. The third kappa shape index (κ3) is 2.42. The van der Waals surface area contributed by atoms with Crippen LogP contribution in [0.1, 0.15) is 16.9 Å². The fourth-order valence-electron chi connectivity index (χ4n) is 3.18. The molecule has 0 unspecified atom stereocenters. The van der Waals surface area contributed by atoms with E-state index in [4.69, 9.17) is 11.6 Å². The maximum atomic E-state index is 13.0. The summed E-state index contributed by atoms with van der Waals surface area (Å²) in [5.74, 6) is -0.702. The summed E-state index contributed by atoms with van der Waals surface area (Å²) in [7, 11) is 0. The molecule has 1 N–H and O–H groups in total. The highest BCUT2D eigenvalue weighted by Gasteiger charge is 2.24. The molecule has 2 aromatic heterocycles. The molecule has 0 saturated carbocycles. The van der Waals surface area contributed by atoms with Gasteiger partial charge in [-0.1, -0.05) is 11.6 Å². The van der Waals surface area contributed by atoms with Crippen molar-refractivity contribution < 1.29 is 9.90 Å². The summed E-state index contributed by atoms with van der Waals surface area (Å²) in [6.07, 6.45) is 2.86. The summed E-state index contributed by atoms with van der Waals surface area (Å²) < 4.78 is 1.25. The van der Waals surface area contributed by atoms with E-state index in [-0.39, 0.29) is 5.56 Å². The van der Waals surface area contributed by atoms with Crippen LogP contribution in [-0.4, -0.2) is 20.6 Å². The number of fused-ring (bicyclic) bond motifs is 3. The van der Waals surface area contributed by atoms with Gasteiger partial charge in [-0.15, -0.1) is 11.3 Å². The van der Waals surface area contributed by atoms with Crippen molar-refractivity contribution in [3.8, 4) is 11.4 Å². The fourth-order valence-corrected chi connectivity index (χ4v) is 4.56. The lowest BCUT2D eigenvalue weighted by Crippen LogP contribution is -2.27. The van der Waals surface area contributed by atoms with E-state index in [0.717, 1.165) is 24.8 Å². The highest BCUT2D eigenvalue weighted by Crippen LogP contribution is 2.35. The van der Waals surface area contributed by atoms with Gasteiger partial charge >= 0.3 is 5.97 Å². The Morgan fingerprint density at radius 2 is 2.04 bits per heavy atom. The molecule has 0 amide bonds. The predicted molar refractivity (Wildman–Crippen MR) is 94.0 cm³/mol. The molecule has 122 valence electrons. The van der Waals surface area contributed by atoms with Crippen LogP contribution in [0.4, 0.5) is 0 Å². The lowest BCUT2D eigenvalue weighted by molar-refractivity contribution is -0.137. The number of aromatic nitrogens is 2. The van der Waals surface area contributed by atoms with Crippen molar-refractivity contribution in [3.05, 3.63) is 50.1 Å². The highest BCUT2D eigenvalue weighted by atomic mass is 35.5. The molecule has 3 aromatic rings. The highest BCUT2D eigenvalue weighted by molar-refractivity contribution is 7.18. The first-order chi connectivity index (χ1) is 11.5. The van der Waals surface area contributed by atoms with E-state index in [1.54, 1.807) is 35.6 Å². The van der Waals surface area contributed by atoms with Gasteiger partial charge in [0.1, 0.15) is 17.2 Å². The molecule has 24 heavy (non-hydrogen) atoms. The van der Waals surface area contributed by atoms with Crippen LogP contribution in [-0.2, 0) is 24.2 Å². The molecule has 5 nitrogen and oxygen atoms in total. The number of hydrogen-bond acceptors (Lipinski definition) is 4.